The number of hydrogen-bond acceptors (Lipinski definition) is 5. The Labute approximate surface area is 206 Å². The third-order valence-corrected chi connectivity index (χ3v) is 7.44. The molecule has 2 fully saturated rings. The maximum absolute atomic E-state index is 13.3. The van der Waals surface area contributed by atoms with Crippen LogP contribution in [-0.2, 0) is 16.1 Å². The lowest BCUT2D eigenvalue weighted by Gasteiger charge is -2.38. The predicted molar refractivity (Wildman–Crippen MR) is 131 cm³/mol. The Balaban J connectivity index is 1.32. The van der Waals surface area contributed by atoms with E-state index in [9.17, 15) is 9.59 Å². The third-order valence-electron chi connectivity index (χ3n) is 7.09. The van der Waals surface area contributed by atoms with Crippen molar-refractivity contribution in [3.63, 3.8) is 0 Å². The Bertz CT molecular complexity index is 979. The summed E-state index contributed by atoms with van der Waals surface area (Å²) in [6.07, 6.45) is 6.54. The average molecular weight is 485 g/mol. The van der Waals surface area contributed by atoms with Crippen LogP contribution in [0.4, 0.5) is 4.79 Å². The molecule has 34 heavy (non-hydrogen) atoms. The van der Waals surface area contributed by atoms with Crippen LogP contribution in [0.3, 0.4) is 0 Å². The van der Waals surface area contributed by atoms with Gasteiger partial charge >= 0.3 is 6.09 Å². The number of piperidine rings is 1. The fraction of sp³-hybridized carbons (Fsp3) is 0.500. The van der Waals surface area contributed by atoms with Crippen LogP contribution in [0.2, 0.25) is 5.02 Å². The molecular weight excluding hydrogens is 452 g/mol. The number of hydrogen-bond donors (Lipinski definition) is 1. The molecule has 1 spiro atoms. The Kier molecular flexibility index (Phi) is 8.06. The van der Waals surface area contributed by atoms with Crippen molar-refractivity contribution in [1.82, 2.24) is 20.1 Å². The van der Waals surface area contributed by atoms with Crippen LogP contribution in [0.1, 0.15) is 49.8 Å². The molecule has 2 saturated heterocycles. The summed E-state index contributed by atoms with van der Waals surface area (Å²) in [6, 6.07) is 11.3. The van der Waals surface area contributed by atoms with Crippen molar-refractivity contribution in [2.24, 2.45) is 5.41 Å². The second kappa shape index (κ2) is 11.2. The van der Waals surface area contributed by atoms with Gasteiger partial charge in [-0.2, -0.15) is 0 Å². The molecule has 1 aromatic heterocycles. The molecule has 4 rings (SSSR count). The molecule has 0 saturated carbocycles. The standard InChI is InChI=1S/C26H33ClN4O3/c1-2-34-25(33)29-23(21-7-3-4-8-22(21)27)9-14-30-15-10-26(11-16-30)12-17-31(24(26)32)19-20-6-5-13-28-18-20/h3-8,13,18,23H,2,9-12,14-17,19H2,1H3,(H,29,33). The van der Waals surface area contributed by atoms with Crippen LogP contribution < -0.4 is 5.32 Å². The van der Waals surface area contributed by atoms with Crippen molar-refractivity contribution in [3.05, 3.63) is 64.9 Å². The van der Waals surface area contributed by atoms with Gasteiger partial charge in [-0.05, 0) is 69.0 Å². The van der Waals surface area contributed by atoms with Crippen LogP contribution in [-0.4, -0.2) is 59.6 Å². The van der Waals surface area contributed by atoms with Crippen molar-refractivity contribution in [1.29, 1.82) is 0 Å². The van der Waals surface area contributed by atoms with Gasteiger partial charge in [-0.3, -0.25) is 9.78 Å². The molecule has 0 bridgehead atoms. The van der Waals surface area contributed by atoms with Crippen molar-refractivity contribution in [2.75, 3.05) is 32.8 Å². The quantitative estimate of drug-likeness (QED) is 0.600. The van der Waals surface area contributed by atoms with E-state index in [1.807, 2.05) is 47.5 Å². The van der Waals surface area contributed by atoms with Gasteiger partial charge < -0.3 is 19.9 Å². The molecule has 2 aliphatic rings. The minimum absolute atomic E-state index is 0.230. The number of likely N-dealkylation sites (tertiary alicyclic amines) is 2. The highest BCUT2D eigenvalue weighted by molar-refractivity contribution is 6.31. The maximum Gasteiger partial charge on any atom is 0.407 e. The van der Waals surface area contributed by atoms with Crippen LogP contribution in [0, 0.1) is 5.41 Å². The highest BCUT2D eigenvalue weighted by Crippen LogP contribution is 2.42. The highest BCUT2D eigenvalue weighted by Gasteiger charge is 2.47. The molecule has 2 aromatic rings. The van der Waals surface area contributed by atoms with Crippen LogP contribution >= 0.6 is 11.6 Å². The minimum Gasteiger partial charge on any atom is -0.450 e. The first-order valence-electron chi connectivity index (χ1n) is 12.1. The van der Waals surface area contributed by atoms with Crippen molar-refractivity contribution < 1.29 is 14.3 Å². The molecule has 8 heteroatoms. The van der Waals surface area contributed by atoms with Crippen LogP contribution in [0.5, 0.6) is 0 Å². The SMILES string of the molecule is CCOC(=O)NC(CCN1CCC2(CC1)CCN(Cc1cccnc1)C2=O)c1ccccc1Cl. The summed E-state index contributed by atoms with van der Waals surface area (Å²) in [4.78, 5) is 33.9. The molecule has 1 N–H and O–H groups in total. The summed E-state index contributed by atoms with van der Waals surface area (Å²) in [6.45, 7) is 6.12. The summed E-state index contributed by atoms with van der Waals surface area (Å²) >= 11 is 6.42. The van der Waals surface area contributed by atoms with E-state index in [1.165, 1.54) is 0 Å². The normalized spacial score (nSPS) is 18.8. The number of halogens is 1. The molecule has 0 aliphatic carbocycles. The van der Waals surface area contributed by atoms with Gasteiger partial charge in [-0.25, -0.2) is 4.79 Å². The van der Waals surface area contributed by atoms with Gasteiger partial charge in [0.2, 0.25) is 5.91 Å². The van der Waals surface area contributed by atoms with Gasteiger partial charge in [0.05, 0.1) is 18.1 Å². The largest absolute Gasteiger partial charge is 0.450 e. The van der Waals surface area contributed by atoms with E-state index in [1.54, 1.807) is 13.1 Å². The fourth-order valence-electron chi connectivity index (χ4n) is 5.11. The number of pyridine rings is 1. The first kappa shape index (κ1) is 24.5. The number of amides is 2. The van der Waals surface area contributed by atoms with Crippen LogP contribution in [0.15, 0.2) is 48.8 Å². The average Bonchev–Trinajstić information content (AvgIpc) is 3.14. The number of alkyl carbamates (subject to hydrolysis) is 1. The molecule has 2 aliphatic heterocycles. The second-order valence-corrected chi connectivity index (χ2v) is 9.59. The van der Waals surface area contributed by atoms with E-state index in [-0.39, 0.29) is 17.4 Å². The van der Waals surface area contributed by atoms with E-state index < -0.39 is 6.09 Å². The lowest BCUT2D eigenvalue weighted by molar-refractivity contribution is -0.138. The van der Waals surface area contributed by atoms with Gasteiger partial charge in [0.15, 0.2) is 0 Å². The van der Waals surface area contributed by atoms with Crippen molar-refractivity contribution in [3.8, 4) is 0 Å². The molecule has 1 atom stereocenters. The van der Waals surface area contributed by atoms with Crippen molar-refractivity contribution >= 4 is 23.6 Å². The van der Waals surface area contributed by atoms with E-state index in [0.29, 0.717) is 18.2 Å². The summed E-state index contributed by atoms with van der Waals surface area (Å²) in [5.74, 6) is 0.286. The van der Waals surface area contributed by atoms with Gasteiger partial charge in [0.1, 0.15) is 0 Å². The topological polar surface area (TPSA) is 74.8 Å². The summed E-state index contributed by atoms with van der Waals surface area (Å²) < 4.78 is 5.10. The molecule has 3 heterocycles. The number of carbonyl (C=O) groups excluding carboxylic acids is 2. The Morgan fingerprint density at radius 1 is 1.18 bits per heavy atom. The zero-order valence-corrected chi connectivity index (χ0v) is 20.5. The lowest BCUT2D eigenvalue weighted by Crippen LogP contribution is -2.45. The van der Waals surface area contributed by atoms with Gasteiger partial charge in [-0.1, -0.05) is 35.9 Å². The summed E-state index contributed by atoms with van der Waals surface area (Å²) in [7, 11) is 0. The van der Waals surface area contributed by atoms with E-state index in [4.69, 9.17) is 16.3 Å². The van der Waals surface area contributed by atoms with E-state index in [2.05, 4.69) is 15.2 Å². The molecule has 1 unspecified atom stereocenters. The number of ether oxygens (including phenoxy) is 1. The van der Waals surface area contributed by atoms with E-state index >= 15 is 0 Å². The lowest BCUT2D eigenvalue weighted by atomic mass is 9.77. The van der Waals surface area contributed by atoms with Gasteiger partial charge in [0.25, 0.3) is 0 Å². The smallest absolute Gasteiger partial charge is 0.407 e. The zero-order valence-electron chi connectivity index (χ0n) is 19.7. The molecule has 2 amide bonds. The second-order valence-electron chi connectivity index (χ2n) is 9.19. The number of rotatable bonds is 8. The van der Waals surface area contributed by atoms with Gasteiger partial charge in [-0.15, -0.1) is 0 Å². The Morgan fingerprint density at radius 3 is 2.65 bits per heavy atom. The maximum atomic E-state index is 13.3. The third kappa shape index (κ3) is 5.70. The molecule has 182 valence electrons. The molecule has 1 aromatic carbocycles. The first-order valence-corrected chi connectivity index (χ1v) is 12.5. The minimum atomic E-state index is -0.435. The zero-order chi connectivity index (χ0) is 24.0. The number of nitrogens with zero attached hydrogens (tertiary/aromatic N) is 3. The van der Waals surface area contributed by atoms with Crippen molar-refractivity contribution in [2.45, 2.75) is 45.2 Å². The molecular formula is C26H33ClN4O3. The summed E-state index contributed by atoms with van der Waals surface area (Å²) in [5.41, 5.74) is 1.73. The first-order chi connectivity index (χ1) is 16.5. The van der Waals surface area contributed by atoms with Crippen LogP contribution in [0.25, 0.3) is 0 Å². The number of benzene rings is 1. The Morgan fingerprint density at radius 2 is 1.94 bits per heavy atom. The molecule has 7 nitrogen and oxygen atoms in total. The number of carbonyl (C=O) groups is 2. The highest BCUT2D eigenvalue weighted by atomic mass is 35.5. The molecule has 0 radical (unpaired) electrons. The fourth-order valence-corrected chi connectivity index (χ4v) is 5.38. The number of nitrogens with one attached hydrogen (secondary N) is 1. The summed E-state index contributed by atoms with van der Waals surface area (Å²) in [5, 5.41) is 3.59. The van der Waals surface area contributed by atoms with Gasteiger partial charge in [0, 0.05) is 37.1 Å². The Hall–Kier alpha value is -2.64. The van der Waals surface area contributed by atoms with E-state index in [0.717, 1.165) is 63.0 Å². The number of aromatic nitrogens is 1. The monoisotopic (exact) mass is 484 g/mol. The predicted octanol–water partition coefficient (Wildman–Crippen LogP) is 4.43.